The first-order chi connectivity index (χ1) is 14.1. The number of nitrogens with one attached hydrogen (secondary N) is 2. The molecule has 1 heterocycles. The molecule has 3 rings (SSSR count). The summed E-state index contributed by atoms with van der Waals surface area (Å²) in [5.74, 6) is 0.471. The molecule has 1 saturated heterocycles. The molecule has 0 atom stereocenters. The lowest BCUT2D eigenvalue weighted by Gasteiger charge is -2.48. The van der Waals surface area contributed by atoms with E-state index < -0.39 is 5.91 Å². The second kappa shape index (κ2) is 10.6. The zero-order valence-electron chi connectivity index (χ0n) is 17.9. The van der Waals surface area contributed by atoms with Gasteiger partial charge in [0.05, 0.1) is 6.54 Å². The first-order valence-corrected chi connectivity index (χ1v) is 11.3. The van der Waals surface area contributed by atoms with Gasteiger partial charge in [-0.2, -0.15) is 0 Å². The summed E-state index contributed by atoms with van der Waals surface area (Å²) in [4.78, 5) is 18.8. The zero-order chi connectivity index (χ0) is 20.5. The van der Waals surface area contributed by atoms with Gasteiger partial charge in [-0.15, -0.1) is 0 Å². The van der Waals surface area contributed by atoms with Crippen LogP contribution in [0.4, 0.5) is 0 Å². The molecule has 6 nitrogen and oxygen atoms in total. The molecule has 1 aliphatic heterocycles. The number of guanidine groups is 1. The number of hydrogen-bond donors (Lipinski definition) is 3. The average molecular weight is 400 g/mol. The van der Waals surface area contributed by atoms with Crippen LogP contribution in [-0.4, -0.2) is 48.5 Å². The van der Waals surface area contributed by atoms with Crippen molar-refractivity contribution in [1.29, 1.82) is 0 Å². The Kier molecular flexibility index (Phi) is 7.92. The van der Waals surface area contributed by atoms with Crippen molar-refractivity contribution in [3.8, 4) is 0 Å². The number of nitrogens with zero attached hydrogens (tertiary/aromatic N) is 2. The number of aliphatic imine (C=N–C) groups is 1. The molecule has 0 unspecified atom stereocenters. The highest BCUT2D eigenvalue weighted by atomic mass is 16.1. The Labute approximate surface area is 175 Å². The third kappa shape index (κ3) is 5.95. The Morgan fingerprint density at radius 3 is 2.31 bits per heavy atom. The van der Waals surface area contributed by atoms with Crippen LogP contribution in [0.25, 0.3) is 0 Å². The molecule has 160 valence electrons. The smallest absolute Gasteiger partial charge is 0.248 e. The molecule has 1 aliphatic carbocycles. The van der Waals surface area contributed by atoms with E-state index in [1.165, 1.54) is 64.5 Å². The van der Waals surface area contributed by atoms with Crippen LogP contribution in [0.5, 0.6) is 0 Å². The molecule has 2 fully saturated rings. The normalized spacial score (nSPS) is 20.2. The van der Waals surface area contributed by atoms with Crippen molar-refractivity contribution in [3.63, 3.8) is 0 Å². The monoisotopic (exact) mass is 399 g/mol. The van der Waals surface area contributed by atoms with Gasteiger partial charge in [0.1, 0.15) is 0 Å². The molecule has 1 amide bonds. The number of benzene rings is 1. The summed E-state index contributed by atoms with van der Waals surface area (Å²) in [5.41, 5.74) is 7.19. The number of carbonyl (C=O) groups is 1. The van der Waals surface area contributed by atoms with Crippen molar-refractivity contribution in [3.05, 3.63) is 35.4 Å². The van der Waals surface area contributed by atoms with Crippen LogP contribution in [0.3, 0.4) is 0 Å². The molecular weight excluding hydrogens is 362 g/mol. The van der Waals surface area contributed by atoms with E-state index >= 15 is 0 Å². The number of hydrogen-bond acceptors (Lipinski definition) is 3. The Morgan fingerprint density at radius 2 is 1.69 bits per heavy atom. The van der Waals surface area contributed by atoms with Crippen molar-refractivity contribution < 1.29 is 4.79 Å². The zero-order valence-corrected chi connectivity index (χ0v) is 17.9. The van der Waals surface area contributed by atoms with E-state index in [0.717, 1.165) is 24.6 Å². The average Bonchev–Trinajstić information content (AvgIpc) is 2.77. The fraction of sp³-hybridized carbons (Fsp3) is 0.652. The van der Waals surface area contributed by atoms with Gasteiger partial charge in [-0.05, 0) is 63.4 Å². The maximum absolute atomic E-state index is 11.2. The number of rotatable bonds is 7. The Hall–Kier alpha value is -2.08. The van der Waals surface area contributed by atoms with Crippen LogP contribution in [0, 0.1) is 0 Å². The van der Waals surface area contributed by atoms with Gasteiger partial charge in [-0.1, -0.05) is 37.8 Å². The first-order valence-electron chi connectivity index (χ1n) is 11.3. The summed E-state index contributed by atoms with van der Waals surface area (Å²) in [6, 6.07) is 7.37. The minimum absolute atomic E-state index is 0.276. The summed E-state index contributed by atoms with van der Waals surface area (Å²) >= 11 is 0. The van der Waals surface area contributed by atoms with E-state index in [1.54, 1.807) is 12.1 Å². The topological polar surface area (TPSA) is 82.7 Å². The maximum atomic E-state index is 11.2. The summed E-state index contributed by atoms with van der Waals surface area (Å²) in [7, 11) is 0. The molecule has 0 radical (unpaired) electrons. The van der Waals surface area contributed by atoms with Crippen LogP contribution in [0.15, 0.2) is 29.3 Å². The summed E-state index contributed by atoms with van der Waals surface area (Å²) in [6.45, 7) is 6.94. The van der Waals surface area contributed by atoms with Gasteiger partial charge in [0.15, 0.2) is 5.96 Å². The molecule has 1 aromatic carbocycles. The predicted octanol–water partition coefficient (Wildman–Crippen LogP) is 3.03. The molecule has 29 heavy (non-hydrogen) atoms. The lowest BCUT2D eigenvalue weighted by atomic mass is 9.79. The van der Waals surface area contributed by atoms with E-state index in [0.29, 0.717) is 12.1 Å². The largest absolute Gasteiger partial charge is 0.366 e. The molecule has 6 heteroatoms. The molecule has 0 aromatic heterocycles. The number of primary amides is 1. The SMILES string of the molecule is CCNC(=NCc1ccc(C(N)=O)cc1)NCC1(N2CCCCC2)CCCCC1. The van der Waals surface area contributed by atoms with Crippen LogP contribution >= 0.6 is 0 Å². The Morgan fingerprint density at radius 1 is 1.03 bits per heavy atom. The fourth-order valence-electron chi connectivity index (χ4n) is 4.72. The van der Waals surface area contributed by atoms with E-state index in [1.807, 2.05) is 12.1 Å². The van der Waals surface area contributed by atoms with Crippen molar-refractivity contribution >= 4 is 11.9 Å². The van der Waals surface area contributed by atoms with E-state index in [4.69, 9.17) is 10.7 Å². The van der Waals surface area contributed by atoms with Crippen molar-refractivity contribution in [2.45, 2.75) is 70.4 Å². The second-order valence-electron chi connectivity index (χ2n) is 8.44. The quantitative estimate of drug-likeness (QED) is 0.486. The van der Waals surface area contributed by atoms with Gasteiger partial charge in [0, 0.05) is 24.2 Å². The molecule has 1 saturated carbocycles. The van der Waals surface area contributed by atoms with Crippen LogP contribution < -0.4 is 16.4 Å². The van der Waals surface area contributed by atoms with E-state index in [9.17, 15) is 4.79 Å². The highest BCUT2D eigenvalue weighted by Gasteiger charge is 2.38. The van der Waals surface area contributed by atoms with Gasteiger partial charge < -0.3 is 16.4 Å². The highest BCUT2D eigenvalue weighted by Crippen LogP contribution is 2.35. The predicted molar refractivity (Wildman–Crippen MR) is 119 cm³/mol. The molecule has 0 bridgehead atoms. The summed E-state index contributed by atoms with van der Waals surface area (Å²) in [5, 5.41) is 7.04. The minimum Gasteiger partial charge on any atom is -0.366 e. The Balaban J connectivity index is 1.64. The van der Waals surface area contributed by atoms with Crippen LogP contribution in [-0.2, 0) is 6.54 Å². The lowest BCUT2D eigenvalue weighted by molar-refractivity contribution is 0.0368. The highest BCUT2D eigenvalue weighted by molar-refractivity contribution is 5.92. The number of carbonyl (C=O) groups excluding carboxylic acids is 1. The molecule has 0 spiro atoms. The number of likely N-dealkylation sites (tertiary alicyclic amines) is 1. The van der Waals surface area contributed by atoms with Gasteiger partial charge >= 0.3 is 0 Å². The third-order valence-corrected chi connectivity index (χ3v) is 6.40. The van der Waals surface area contributed by atoms with E-state index in [-0.39, 0.29) is 5.54 Å². The van der Waals surface area contributed by atoms with Crippen LogP contribution in [0.1, 0.15) is 74.2 Å². The first kappa shape index (κ1) is 21.6. The van der Waals surface area contributed by atoms with Gasteiger partial charge in [0.25, 0.3) is 0 Å². The van der Waals surface area contributed by atoms with Crippen molar-refractivity contribution in [2.24, 2.45) is 10.7 Å². The molecule has 2 aliphatic rings. The van der Waals surface area contributed by atoms with Crippen molar-refractivity contribution in [2.75, 3.05) is 26.2 Å². The fourth-order valence-corrected chi connectivity index (χ4v) is 4.72. The van der Waals surface area contributed by atoms with E-state index in [2.05, 4.69) is 22.5 Å². The molecular formula is C23H37N5O. The number of amides is 1. The summed E-state index contributed by atoms with van der Waals surface area (Å²) < 4.78 is 0. The van der Waals surface area contributed by atoms with Crippen LogP contribution in [0.2, 0.25) is 0 Å². The van der Waals surface area contributed by atoms with Crippen molar-refractivity contribution in [1.82, 2.24) is 15.5 Å². The number of piperidine rings is 1. The third-order valence-electron chi connectivity index (χ3n) is 6.40. The lowest BCUT2D eigenvalue weighted by Crippen LogP contribution is -2.59. The molecule has 1 aromatic rings. The van der Waals surface area contributed by atoms with Gasteiger partial charge in [-0.3, -0.25) is 9.69 Å². The molecule has 4 N–H and O–H groups in total. The number of nitrogens with two attached hydrogens (primary N) is 1. The van der Waals surface area contributed by atoms with Gasteiger partial charge in [-0.25, -0.2) is 4.99 Å². The minimum atomic E-state index is -0.398. The standard InChI is InChI=1S/C23H37N5O/c1-2-25-22(26-17-19-9-11-20(12-10-19)21(24)29)27-18-23(13-5-3-6-14-23)28-15-7-4-8-16-28/h9-12H,2-8,13-18H2,1H3,(H2,24,29)(H2,25,26,27). The maximum Gasteiger partial charge on any atom is 0.248 e. The van der Waals surface area contributed by atoms with Gasteiger partial charge in [0.2, 0.25) is 5.91 Å². The Bertz CT molecular complexity index is 673. The second-order valence-corrected chi connectivity index (χ2v) is 8.44. The summed E-state index contributed by atoms with van der Waals surface area (Å²) in [6.07, 6.45) is 10.6.